The number of aryl methyl sites for hydroxylation is 2. The van der Waals surface area contributed by atoms with Crippen LogP contribution in [0.1, 0.15) is 40.5 Å². The lowest BCUT2D eigenvalue weighted by Gasteiger charge is -2.25. The highest BCUT2D eigenvalue weighted by Crippen LogP contribution is 2.39. The SMILES string of the molecule is COc1c([C@@H]2CCCN2C(=O)c2ccc3nc[nH]c3c2)c(C)nn1C. The van der Waals surface area contributed by atoms with Crippen LogP contribution < -0.4 is 4.74 Å². The Morgan fingerprint density at radius 3 is 3.04 bits per heavy atom. The van der Waals surface area contributed by atoms with Crippen LogP contribution in [-0.4, -0.2) is 44.2 Å². The Morgan fingerprint density at radius 2 is 2.24 bits per heavy atom. The molecule has 0 saturated carbocycles. The molecule has 1 aliphatic rings. The molecule has 3 heterocycles. The summed E-state index contributed by atoms with van der Waals surface area (Å²) >= 11 is 0. The molecular weight excluding hydrogens is 318 g/mol. The van der Waals surface area contributed by atoms with Crippen molar-refractivity contribution in [1.82, 2.24) is 24.6 Å². The van der Waals surface area contributed by atoms with Crippen molar-refractivity contribution < 1.29 is 9.53 Å². The predicted octanol–water partition coefficient (Wildman–Crippen LogP) is 2.59. The van der Waals surface area contributed by atoms with Gasteiger partial charge in [0, 0.05) is 19.2 Å². The Hall–Kier alpha value is -2.83. The smallest absolute Gasteiger partial charge is 0.254 e. The maximum Gasteiger partial charge on any atom is 0.254 e. The molecule has 0 aliphatic carbocycles. The average molecular weight is 339 g/mol. The summed E-state index contributed by atoms with van der Waals surface area (Å²) in [6.07, 6.45) is 3.53. The fraction of sp³-hybridized carbons (Fsp3) is 0.389. The Balaban J connectivity index is 1.70. The minimum Gasteiger partial charge on any atom is -0.481 e. The minimum atomic E-state index is -0.00591. The summed E-state index contributed by atoms with van der Waals surface area (Å²) in [4.78, 5) is 22.3. The molecule has 7 heteroatoms. The van der Waals surface area contributed by atoms with Gasteiger partial charge < -0.3 is 14.6 Å². The fourth-order valence-corrected chi connectivity index (χ4v) is 3.82. The largest absolute Gasteiger partial charge is 0.481 e. The molecule has 1 N–H and O–H groups in total. The summed E-state index contributed by atoms with van der Waals surface area (Å²) in [6, 6.07) is 5.58. The molecular formula is C18H21N5O2. The molecule has 25 heavy (non-hydrogen) atoms. The number of nitrogens with zero attached hydrogens (tertiary/aromatic N) is 4. The number of likely N-dealkylation sites (tertiary alicyclic amines) is 1. The van der Waals surface area contributed by atoms with Crippen LogP contribution in [0.4, 0.5) is 0 Å². The first-order valence-corrected chi connectivity index (χ1v) is 8.41. The average Bonchev–Trinajstić information content (AvgIpc) is 3.31. The van der Waals surface area contributed by atoms with Gasteiger partial charge in [-0.1, -0.05) is 0 Å². The molecule has 1 amide bonds. The van der Waals surface area contributed by atoms with Gasteiger partial charge >= 0.3 is 0 Å². The van der Waals surface area contributed by atoms with Crippen LogP contribution in [0.25, 0.3) is 11.0 Å². The van der Waals surface area contributed by atoms with E-state index in [1.165, 1.54) is 0 Å². The monoisotopic (exact) mass is 339 g/mol. The van der Waals surface area contributed by atoms with Gasteiger partial charge in [-0.05, 0) is 38.0 Å². The summed E-state index contributed by atoms with van der Waals surface area (Å²) in [5.74, 6) is 0.760. The van der Waals surface area contributed by atoms with Crippen LogP contribution in [0.2, 0.25) is 0 Å². The molecule has 130 valence electrons. The van der Waals surface area contributed by atoms with E-state index in [0.29, 0.717) is 5.56 Å². The Kier molecular flexibility index (Phi) is 3.71. The number of nitrogens with one attached hydrogen (secondary N) is 1. The van der Waals surface area contributed by atoms with E-state index in [2.05, 4.69) is 15.1 Å². The van der Waals surface area contributed by atoms with Gasteiger partial charge in [-0.15, -0.1) is 0 Å². The van der Waals surface area contributed by atoms with Gasteiger partial charge in [0.2, 0.25) is 5.88 Å². The number of carbonyl (C=O) groups is 1. The fourth-order valence-electron chi connectivity index (χ4n) is 3.82. The van der Waals surface area contributed by atoms with Crippen LogP contribution >= 0.6 is 0 Å². The van der Waals surface area contributed by atoms with Crippen molar-refractivity contribution in [3.63, 3.8) is 0 Å². The minimum absolute atomic E-state index is 0.00591. The van der Waals surface area contributed by atoms with E-state index in [0.717, 1.165) is 47.6 Å². The van der Waals surface area contributed by atoms with Crippen molar-refractivity contribution in [2.24, 2.45) is 7.05 Å². The topological polar surface area (TPSA) is 76.0 Å². The van der Waals surface area contributed by atoms with E-state index >= 15 is 0 Å². The van der Waals surface area contributed by atoms with Gasteiger partial charge in [-0.2, -0.15) is 5.10 Å². The quantitative estimate of drug-likeness (QED) is 0.796. The number of ether oxygens (including phenoxy) is 1. The molecule has 1 saturated heterocycles. The van der Waals surface area contributed by atoms with Gasteiger partial charge in [-0.3, -0.25) is 4.79 Å². The molecule has 1 fully saturated rings. The van der Waals surface area contributed by atoms with Gasteiger partial charge in [0.15, 0.2) is 0 Å². The van der Waals surface area contributed by atoms with E-state index in [1.807, 2.05) is 37.1 Å². The third kappa shape index (κ3) is 2.47. The number of rotatable bonds is 3. The van der Waals surface area contributed by atoms with Crippen molar-refractivity contribution in [1.29, 1.82) is 0 Å². The molecule has 4 rings (SSSR count). The zero-order valence-electron chi connectivity index (χ0n) is 14.6. The summed E-state index contributed by atoms with van der Waals surface area (Å²) < 4.78 is 7.28. The second kappa shape index (κ2) is 5.91. The first-order chi connectivity index (χ1) is 12.1. The summed E-state index contributed by atoms with van der Waals surface area (Å²) in [5, 5.41) is 4.47. The molecule has 3 aromatic rings. The molecule has 0 bridgehead atoms. The number of hydrogen-bond acceptors (Lipinski definition) is 4. The highest BCUT2D eigenvalue weighted by molar-refractivity contribution is 5.97. The third-order valence-electron chi connectivity index (χ3n) is 4.92. The highest BCUT2D eigenvalue weighted by Gasteiger charge is 2.35. The van der Waals surface area contributed by atoms with Crippen molar-refractivity contribution in [3.05, 3.63) is 41.3 Å². The van der Waals surface area contributed by atoms with Crippen LogP contribution in [0.5, 0.6) is 5.88 Å². The number of amides is 1. The summed E-state index contributed by atoms with van der Waals surface area (Å²) in [7, 11) is 3.51. The van der Waals surface area contributed by atoms with Gasteiger partial charge in [0.05, 0.1) is 41.8 Å². The van der Waals surface area contributed by atoms with E-state index in [4.69, 9.17) is 4.74 Å². The Labute approximate surface area is 145 Å². The first kappa shape index (κ1) is 15.7. The number of methoxy groups -OCH3 is 1. The van der Waals surface area contributed by atoms with Gasteiger partial charge in [0.1, 0.15) is 0 Å². The van der Waals surface area contributed by atoms with Crippen LogP contribution in [-0.2, 0) is 7.05 Å². The highest BCUT2D eigenvalue weighted by atomic mass is 16.5. The van der Waals surface area contributed by atoms with Crippen molar-refractivity contribution in [2.45, 2.75) is 25.8 Å². The van der Waals surface area contributed by atoms with Crippen molar-refractivity contribution in [2.75, 3.05) is 13.7 Å². The molecule has 0 radical (unpaired) electrons. The van der Waals surface area contributed by atoms with E-state index < -0.39 is 0 Å². The number of hydrogen-bond donors (Lipinski definition) is 1. The maximum absolute atomic E-state index is 13.1. The number of fused-ring (bicyclic) bond motifs is 1. The second-order valence-electron chi connectivity index (χ2n) is 6.42. The van der Waals surface area contributed by atoms with E-state index in [1.54, 1.807) is 18.1 Å². The predicted molar refractivity (Wildman–Crippen MR) is 93.6 cm³/mol. The normalized spacial score (nSPS) is 17.4. The molecule has 2 aromatic heterocycles. The van der Waals surface area contributed by atoms with Crippen molar-refractivity contribution >= 4 is 16.9 Å². The van der Waals surface area contributed by atoms with Crippen LogP contribution in [0, 0.1) is 6.92 Å². The number of imidazole rings is 1. The molecule has 0 spiro atoms. The molecule has 1 aromatic carbocycles. The number of aromatic nitrogens is 4. The van der Waals surface area contributed by atoms with Gasteiger partial charge in [-0.25, -0.2) is 9.67 Å². The van der Waals surface area contributed by atoms with Crippen LogP contribution in [0.15, 0.2) is 24.5 Å². The second-order valence-corrected chi connectivity index (χ2v) is 6.42. The zero-order chi connectivity index (χ0) is 17.6. The van der Waals surface area contributed by atoms with E-state index in [9.17, 15) is 4.79 Å². The lowest BCUT2D eigenvalue weighted by molar-refractivity contribution is 0.0734. The van der Waals surface area contributed by atoms with Crippen molar-refractivity contribution in [3.8, 4) is 5.88 Å². The number of aromatic amines is 1. The number of carbonyl (C=O) groups excluding carboxylic acids is 1. The summed E-state index contributed by atoms with van der Waals surface area (Å²) in [6.45, 7) is 2.71. The van der Waals surface area contributed by atoms with E-state index in [-0.39, 0.29) is 11.9 Å². The molecule has 1 atom stereocenters. The molecule has 1 aliphatic heterocycles. The zero-order valence-corrected chi connectivity index (χ0v) is 14.6. The lowest BCUT2D eigenvalue weighted by Crippen LogP contribution is -2.31. The third-order valence-corrected chi connectivity index (χ3v) is 4.92. The first-order valence-electron chi connectivity index (χ1n) is 8.41. The van der Waals surface area contributed by atoms with Gasteiger partial charge in [0.25, 0.3) is 5.91 Å². The molecule has 7 nitrogen and oxygen atoms in total. The maximum atomic E-state index is 13.1. The standard InChI is InChI=1S/C18H21N5O2/c1-11-16(18(25-3)22(2)21-11)15-5-4-8-23(15)17(24)12-6-7-13-14(9-12)20-10-19-13/h6-7,9-10,15H,4-5,8H2,1-3H3,(H,19,20)/t15-/m0/s1. The number of benzene rings is 1. The van der Waals surface area contributed by atoms with Crippen LogP contribution in [0.3, 0.4) is 0 Å². The summed E-state index contributed by atoms with van der Waals surface area (Å²) in [5.41, 5.74) is 4.33. The molecule has 0 unspecified atom stereocenters. The Bertz CT molecular complexity index is 942. The Morgan fingerprint density at radius 1 is 1.40 bits per heavy atom. The lowest BCUT2D eigenvalue weighted by atomic mass is 10.0. The number of H-pyrrole nitrogens is 1.